The molecule has 0 aliphatic heterocycles. The first-order valence-electron chi connectivity index (χ1n) is 9.00. The van der Waals surface area contributed by atoms with Crippen molar-refractivity contribution in [1.29, 1.82) is 0 Å². The van der Waals surface area contributed by atoms with Gasteiger partial charge in [0.1, 0.15) is 11.5 Å². The van der Waals surface area contributed by atoms with Crippen molar-refractivity contribution in [3.8, 4) is 11.5 Å². The average Bonchev–Trinajstić information content (AvgIpc) is 2.64. The van der Waals surface area contributed by atoms with Crippen LogP contribution in [0.25, 0.3) is 0 Å². The number of ether oxygens (including phenoxy) is 2. The lowest BCUT2D eigenvalue weighted by Crippen LogP contribution is -2.11. The van der Waals surface area contributed by atoms with Crippen molar-refractivity contribution in [3.05, 3.63) is 54.1 Å². The monoisotopic (exact) mass is 341 g/mol. The van der Waals surface area contributed by atoms with Crippen molar-refractivity contribution in [2.45, 2.75) is 39.5 Å². The maximum atomic E-state index is 12.3. The van der Waals surface area contributed by atoms with Crippen LogP contribution in [0.3, 0.4) is 0 Å². The molecule has 4 heteroatoms. The molecule has 2 aromatic rings. The fourth-order valence-corrected chi connectivity index (χ4v) is 2.43. The first kappa shape index (κ1) is 18.8. The second kappa shape index (κ2) is 10.4. The van der Waals surface area contributed by atoms with Gasteiger partial charge < -0.3 is 14.8 Å². The summed E-state index contributed by atoms with van der Waals surface area (Å²) in [4.78, 5) is 12.3. The number of unbranched alkanes of at least 4 members (excludes halogenated alkanes) is 3. The summed E-state index contributed by atoms with van der Waals surface area (Å²) in [5.41, 5.74) is 1.34. The normalized spacial score (nSPS) is 10.3. The van der Waals surface area contributed by atoms with Gasteiger partial charge in [-0.1, -0.05) is 26.2 Å². The van der Waals surface area contributed by atoms with Crippen LogP contribution >= 0.6 is 0 Å². The highest BCUT2D eigenvalue weighted by atomic mass is 16.5. The molecular weight excluding hydrogens is 314 g/mol. The number of amides is 1. The van der Waals surface area contributed by atoms with Crippen LogP contribution in [-0.2, 0) is 0 Å². The van der Waals surface area contributed by atoms with E-state index in [0.29, 0.717) is 12.2 Å². The van der Waals surface area contributed by atoms with Gasteiger partial charge in [0.25, 0.3) is 5.91 Å². The average molecular weight is 341 g/mol. The molecule has 2 rings (SSSR count). The van der Waals surface area contributed by atoms with E-state index in [1.807, 2.05) is 43.3 Å². The largest absolute Gasteiger partial charge is 0.494 e. The van der Waals surface area contributed by atoms with Gasteiger partial charge in [0.15, 0.2) is 0 Å². The molecule has 0 atom stereocenters. The van der Waals surface area contributed by atoms with Gasteiger partial charge in [-0.15, -0.1) is 0 Å². The molecule has 0 bridgehead atoms. The van der Waals surface area contributed by atoms with Crippen LogP contribution in [0.15, 0.2) is 48.5 Å². The first-order chi connectivity index (χ1) is 12.2. The second-order valence-corrected chi connectivity index (χ2v) is 5.85. The van der Waals surface area contributed by atoms with Gasteiger partial charge in [0, 0.05) is 11.3 Å². The van der Waals surface area contributed by atoms with E-state index < -0.39 is 0 Å². The molecule has 134 valence electrons. The highest BCUT2D eigenvalue weighted by Gasteiger charge is 2.06. The van der Waals surface area contributed by atoms with Crippen LogP contribution in [0.1, 0.15) is 49.9 Å². The lowest BCUT2D eigenvalue weighted by atomic mass is 10.2. The van der Waals surface area contributed by atoms with Crippen molar-refractivity contribution < 1.29 is 14.3 Å². The van der Waals surface area contributed by atoms with Gasteiger partial charge in [-0.25, -0.2) is 0 Å². The van der Waals surface area contributed by atoms with Crippen molar-refractivity contribution in [2.24, 2.45) is 0 Å². The van der Waals surface area contributed by atoms with Gasteiger partial charge in [0.05, 0.1) is 13.2 Å². The Kier molecular flexibility index (Phi) is 7.83. The molecule has 0 saturated carbocycles. The van der Waals surface area contributed by atoms with Crippen molar-refractivity contribution >= 4 is 11.6 Å². The molecule has 0 fully saturated rings. The Morgan fingerprint density at radius 2 is 1.48 bits per heavy atom. The molecule has 0 unspecified atom stereocenters. The minimum Gasteiger partial charge on any atom is -0.494 e. The smallest absolute Gasteiger partial charge is 0.255 e. The Morgan fingerprint density at radius 1 is 0.840 bits per heavy atom. The Morgan fingerprint density at radius 3 is 2.12 bits per heavy atom. The molecule has 2 aromatic carbocycles. The third kappa shape index (κ3) is 6.49. The fourth-order valence-electron chi connectivity index (χ4n) is 2.43. The quantitative estimate of drug-likeness (QED) is 0.597. The van der Waals surface area contributed by atoms with Crippen LogP contribution < -0.4 is 14.8 Å². The van der Waals surface area contributed by atoms with Crippen molar-refractivity contribution in [1.82, 2.24) is 0 Å². The van der Waals surface area contributed by atoms with E-state index in [2.05, 4.69) is 12.2 Å². The van der Waals surface area contributed by atoms with Crippen LogP contribution in [0, 0.1) is 0 Å². The summed E-state index contributed by atoms with van der Waals surface area (Å²) in [7, 11) is 0. The van der Waals surface area contributed by atoms with E-state index in [-0.39, 0.29) is 5.91 Å². The number of carbonyl (C=O) groups excluding carboxylic acids is 1. The molecule has 0 aliphatic carbocycles. The van der Waals surface area contributed by atoms with E-state index in [1.54, 1.807) is 12.1 Å². The Labute approximate surface area is 150 Å². The highest BCUT2D eigenvalue weighted by molar-refractivity contribution is 6.04. The lowest BCUT2D eigenvalue weighted by molar-refractivity contribution is 0.102. The summed E-state index contributed by atoms with van der Waals surface area (Å²) >= 11 is 0. The molecule has 4 nitrogen and oxygen atoms in total. The van der Waals surface area contributed by atoms with Crippen LogP contribution in [-0.4, -0.2) is 19.1 Å². The summed E-state index contributed by atoms with van der Waals surface area (Å²) in [6.07, 6.45) is 4.72. The lowest BCUT2D eigenvalue weighted by Gasteiger charge is -2.09. The molecule has 0 aromatic heterocycles. The third-order valence-electron chi connectivity index (χ3n) is 3.81. The molecule has 0 heterocycles. The Balaban J connectivity index is 1.83. The summed E-state index contributed by atoms with van der Waals surface area (Å²) in [5, 5.41) is 2.88. The maximum absolute atomic E-state index is 12.3. The number of hydrogen-bond donors (Lipinski definition) is 1. The number of hydrogen-bond acceptors (Lipinski definition) is 3. The van der Waals surface area contributed by atoms with Gasteiger partial charge in [-0.05, 0) is 61.9 Å². The topological polar surface area (TPSA) is 47.6 Å². The summed E-state index contributed by atoms with van der Waals surface area (Å²) in [6, 6.07) is 14.6. The summed E-state index contributed by atoms with van der Waals surface area (Å²) < 4.78 is 11.1. The van der Waals surface area contributed by atoms with Crippen LogP contribution in [0.4, 0.5) is 5.69 Å². The minimum absolute atomic E-state index is 0.140. The second-order valence-electron chi connectivity index (χ2n) is 5.85. The van der Waals surface area contributed by atoms with E-state index in [4.69, 9.17) is 9.47 Å². The van der Waals surface area contributed by atoms with Crippen molar-refractivity contribution in [2.75, 3.05) is 18.5 Å². The Hall–Kier alpha value is -2.49. The number of benzene rings is 2. The minimum atomic E-state index is -0.140. The van der Waals surface area contributed by atoms with Crippen LogP contribution in [0.5, 0.6) is 11.5 Å². The molecule has 0 aliphatic rings. The van der Waals surface area contributed by atoms with E-state index >= 15 is 0 Å². The van der Waals surface area contributed by atoms with Gasteiger partial charge >= 0.3 is 0 Å². The predicted octanol–water partition coefficient (Wildman–Crippen LogP) is 5.30. The zero-order valence-corrected chi connectivity index (χ0v) is 15.1. The Bertz CT molecular complexity index is 635. The fraction of sp³-hybridized carbons (Fsp3) is 0.381. The SMILES string of the molecule is CCCCCCOc1ccc(C(=O)Nc2ccc(OCC)cc2)cc1. The third-order valence-corrected chi connectivity index (χ3v) is 3.81. The van der Waals surface area contributed by atoms with Gasteiger partial charge in [-0.3, -0.25) is 4.79 Å². The molecular formula is C21H27NO3. The molecule has 0 spiro atoms. The number of carbonyl (C=O) groups is 1. The van der Waals surface area contributed by atoms with Crippen LogP contribution in [0.2, 0.25) is 0 Å². The van der Waals surface area contributed by atoms with E-state index in [9.17, 15) is 4.79 Å². The molecule has 0 radical (unpaired) electrons. The van der Waals surface area contributed by atoms with E-state index in [1.165, 1.54) is 19.3 Å². The molecule has 1 N–H and O–H groups in total. The predicted molar refractivity (Wildman–Crippen MR) is 102 cm³/mol. The maximum Gasteiger partial charge on any atom is 0.255 e. The molecule has 25 heavy (non-hydrogen) atoms. The number of rotatable bonds is 10. The molecule has 0 saturated heterocycles. The highest BCUT2D eigenvalue weighted by Crippen LogP contribution is 2.18. The summed E-state index contributed by atoms with van der Waals surface area (Å²) in [5.74, 6) is 1.45. The van der Waals surface area contributed by atoms with Crippen molar-refractivity contribution in [3.63, 3.8) is 0 Å². The molecule has 1 amide bonds. The van der Waals surface area contributed by atoms with Gasteiger partial charge in [0.2, 0.25) is 0 Å². The number of anilines is 1. The van der Waals surface area contributed by atoms with E-state index in [0.717, 1.165) is 30.2 Å². The number of nitrogens with one attached hydrogen (secondary N) is 1. The standard InChI is InChI=1S/C21H27NO3/c1-3-5-6-7-16-25-20-12-8-17(9-13-20)21(23)22-18-10-14-19(15-11-18)24-4-2/h8-15H,3-7,16H2,1-2H3,(H,22,23). The van der Waals surface area contributed by atoms with Gasteiger partial charge in [-0.2, -0.15) is 0 Å². The summed E-state index contributed by atoms with van der Waals surface area (Å²) in [6.45, 7) is 5.47. The zero-order chi connectivity index (χ0) is 17.9. The first-order valence-corrected chi connectivity index (χ1v) is 9.00. The zero-order valence-electron chi connectivity index (χ0n) is 15.1.